The van der Waals surface area contributed by atoms with E-state index in [-0.39, 0.29) is 5.57 Å². The third-order valence-corrected chi connectivity index (χ3v) is 6.95. The summed E-state index contributed by atoms with van der Waals surface area (Å²) in [6.07, 6.45) is 2.20. The summed E-state index contributed by atoms with van der Waals surface area (Å²) in [7, 11) is 0. The molecule has 5 nitrogen and oxygen atoms in total. The smallest absolute Gasteiger partial charge is 0.273 e. The second-order valence-electron chi connectivity index (χ2n) is 7.05. The van der Waals surface area contributed by atoms with Crippen molar-refractivity contribution >= 4 is 77.4 Å². The van der Waals surface area contributed by atoms with Gasteiger partial charge in [0.2, 0.25) is 0 Å². The van der Waals surface area contributed by atoms with Gasteiger partial charge in [-0.1, -0.05) is 78.1 Å². The first-order valence-corrected chi connectivity index (χ1v) is 11.9. The fourth-order valence-electron chi connectivity index (χ4n) is 3.29. The van der Waals surface area contributed by atoms with Crippen LogP contribution in [0.5, 0.6) is 0 Å². The van der Waals surface area contributed by atoms with Crippen LogP contribution < -0.4 is 10.2 Å². The molecule has 3 aromatic carbocycles. The number of carbonyl (C=O) groups is 3. The lowest BCUT2D eigenvalue weighted by Crippen LogP contribution is -2.54. The average molecular weight is 619 g/mol. The summed E-state index contributed by atoms with van der Waals surface area (Å²) in [5.74, 6) is -1.39. The zero-order valence-electron chi connectivity index (χ0n) is 16.4. The zero-order valence-corrected chi connectivity index (χ0v) is 21.2. The number of halogens is 3. The topological polar surface area (TPSA) is 66.5 Å². The Bertz CT molecular complexity index is 1270. The third kappa shape index (κ3) is 4.77. The van der Waals surface area contributed by atoms with Crippen LogP contribution in [0.2, 0.25) is 0 Å². The zero-order chi connectivity index (χ0) is 22.8. The molecule has 4 rings (SSSR count). The highest BCUT2D eigenvalue weighted by Crippen LogP contribution is 2.27. The summed E-state index contributed by atoms with van der Waals surface area (Å²) in [5, 5.41) is 2.24. The molecule has 160 valence electrons. The van der Waals surface area contributed by atoms with Crippen molar-refractivity contribution in [2.75, 3.05) is 4.90 Å². The molecule has 0 aliphatic carbocycles. The Morgan fingerprint density at radius 1 is 0.812 bits per heavy atom. The highest BCUT2D eigenvalue weighted by Gasteiger charge is 2.36. The normalized spacial score (nSPS) is 15.3. The number of urea groups is 1. The van der Waals surface area contributed by atoms with E-state index in [2.05, 4.69) is 53.1 Å². The average Bonchev–Trinajstić information content (AvgIpc) is 2.75. The van der Waals surface area contributed by atoms with E-state index in [1.165, 1.54) is 6.08 Å². The molecule has 1 aliphatic rings. The molecule has 0 aromatic heterocycles. The molecule has 1 aliphatic heterocycles. The molecule has 1 fully saturated rings. The van der Waals surface area contributed by atoms with Crippen LogP contribution in [0.15, 0.2) is 85.7 Å². The van der Waals surface area contributed by atoms with Gasteiger partial charge in [0.1, 0.15) is 5.57 Å². The Labute approximate surface area is 209 Å². The molecule has 0 spiro atoms. The van der Waals surface area contributed by atoms with Crippen LogP contribution in [0.1, 0.15) is 16.7 Å². The predicted octanol–water partition coefficient (Wildman–Crippen LogP) is 6.23. The number of rotatable bonds is 4. The van der Waals surface area contributed by atoms with Gasteiger partial charge in [0.25, 0.3) is 11.8 Å². The van der Waals surface area contributed by atoms with Crippen molar-refractivity contribution in [2.24, 2.45) is 0 Å². The summed E-state index contributed by atoms with van der Waals surface area (Å²) in [4.78, 5) is 38.7. The fraction of sp³-hybridized carbons (Fsp3) is 0.0417. The van der Waals surface area contributed by atoms with Crippen molar-refractivity contribution in [1.29, 1.82) is 0 Å². The van der Waals surface area contributed by atoms with Crippen molar-refractivity contribution in [1.82, 2.24) is 5.32 Å². The van der Waals surface area contributed by atoms with Gasteiger partial charge in [-0.25, -0.2) is 9.69 Å². The number of imide groups is 2. The summed E-state index contributed by atoms with van der Waals surface area (Å²) in [6, 6.07) is 19.5. The molecule has 0 radical (unpaired) electrons. The van der Waals surface area contributed by atoms with Gasteiger partial charge < -0.3 is 0 Å². The molecule has 1 saturated heterocycles. The summed E-state index contributed by atoms with van der Waals surface area (Å²) in [6.45, 7) is 0. The van der Waals surface area contributed by atoms with Crippen molar-refractivity contribution < 1.29 is 14.4 Å². The largest absolute Gasteiger partial charge is 0.335 e. The van der Waals surface area contributed by atoms with Crippen LogP contribution in [0, 0.1) is 0 Å². The number of nitrogens with one attached hydrogen (secondary N) is 1. The standard InChI is InChI=1S/C24H15Br3N2O3/c25-17-7-9-18(10-8-17)29-23(31)19(22(30)28-24(29)32)11-14-5-6-16(21(27)12-14)13-15-3-1-2-4-20(15)26/h1-12H,13H2,(H,28,30,32)/b19-11+. The lowest BCUT2D eigenvalue weighted by molar-refractivity contribution is -0.122. The van der Waals surface area contributed by atoms with Crippen molar-refractivity contribution in [2.45, 2.75) is 6.42 Å². The predicted molar refractivity (Wildman–Crippen MR) is 134 cm³/mol. The van der Waals surface area contributed by atoms with E-state index in [9.17, 15) is 14.4 Å². The van der Waals surface area contributed by atoms with Gasteiger partial charge in [0, 0.05) is 13.4 Å². The molecule has 3 aromatic rings. The minimum atomic E-state index is -0.774. The number of benzene rings is 3. The number of hydrogen-bond donors (Lipinski definition) is 1. The lowest BCUT2D eigenvalue weighted by atomic mass is 10.0. The second-order valence-corrected chi connectivity index (χ2v) is 9.68. The Hall–Kier alpha value is -2.55. The first-order chi connectivity index (χ1) is 15.3. The number of amides is 4. The number of anilines is 1. The number of hydrogen-bond acceptors (Lipinski definition) is 3. The molecule has 0 atom stereocenters. The Balaban J connectivity index is 1.63. The minimum Gasteiger partial charge on any atom is -0.273 e. The Morgan fingerprint density at radius 2 is 1.50 bits per heavy atom. The van der Waals surface area contributed by atoms with E-state index in [4.69, 9.17) is 0 Å². The van der Waals surface area contributed by atoms with E-state index in [1.54, 1.807) is 24.3 Å². The van der Waals surface area contributed by atoms with Gasteiger partial charge in [-0.3, -0.25) is 14.9 Å². The van der Waals surface area contributed by atoms with E-state index >= 15 is 0 Å². The summed E-state index contributed by atoms with van der Waals surface area (Å²) in [5.41, 5.74) is 3.13. The van der Waals surface area contributed by atoms with E-state index in [0.717, 1.165) is 29.4 Å². The Kier molecular flexibility index (Phi) is 6.74. The van der Waals surface area contributed by atoms with Gasteiger partial charge in [0.15, 0.2) is 0 Å². The summed E-state index contributed by atoms with van der Waals surface area (Å²) < 4.78 is 2.69. The first-order valence-electron chi connectivity index (χ1n) is 9.52. The number of barbiturate groups is 1. The molecule has 0 saturated carbocycles. The van der Waals surface area contributed by atoms with Gasteiger partial charge in [-0.2, -0.15) is 0 Å². The van der Waals surface area contributed by atoms with Gasteiger partial charge in [0.05, 0.1) is 5.69 Å². The molecule has 1 N–H and O–H groups in total. The lowest BCUT2D eigenvalue weighted by Gasteiger charge is -2.26. The van der Waals surface area contributed by atoms with E-state index in [0.29, 0.717) is 17.7 Å². The van der Waals surface area contributed by atoms with Gasteiger partial charge in [-0.05, 0) is 65.6 Å². The maximum absolute atomic E-state index is 13.0. The monoisotopic (exact) mass is 616 g/mol. The first kappa shape index (κ1) is 22.6. The molecule has 8 heteroatoms. The molecule has 0 bridgehead atoms. The second kappa shape index (κ2) is 9.52. The number of nitrogens with zero attached hydrogens (tertiary/aromatic N) is 1. The number of carbonyl (C=O) groups excluding carboxylic acids is 3. The maximum atomic E-state index is 13.0. The van der Waals surface area contributed by atoms with E-state index < -0.39 is 17.8 Å². The summed E-state index contributed by atoms with van der Waals surface area (Å²) >= 11 is 10.5. The van der Waals surface area contributed by atoms with Crippen LogP contribution in [-0.2, 0) is 16.0 Å². The third-order valence-electron chi connectivity index (χ3n) is 4.91. The molecular weight excluding hydrogens is 604 g/mol. The van der Waals surface area contributed by atoms with Crippen molar-refractivity contribution in [3.8, 4) is 0 Å². The highest BCUT2D eigenvalue weighted by molar-refractivity contribution is 9.11. The van der Waals surface area contributed by atoms with Crippen LogP contribution in [0.25, 0.3) is 6.08 Å². The van der Waals surface area contributed by atoms with Crippen LogP contribution in [0.3, 0.4) is 0 Å². The van der Waals surface area contributed by atoms with Crippen molar-refractivity contribution in [3.63, 3.8) is 0 Å². The Morgan fingerprint density at radius 3 is 2.19 bits per heavy atom. The van der Waals surface area contributed by atoms with E-state index in [1.807, 2.05) is 42.5 Å². The van der Waals surface area contributed by atoms with Crippen LogP contribution >= 0.6 is 47.8 Å². The molecule has 32 heavy (non-hydrogen) atoms. The van der Waals surface area contributed by atoms with Gasteiger partial charge >= 0.3 is 6.03 Å². The molecular formula is C24H15Br3N2O3. The quantitative estimate of drug-likeness (QED) is 0.278. The van der Waals surface area contributed by atoms with Crippen LogP contribution in [-0.4, -0.2) is 17.8 Å². The fourth-order valence-corrected chi connectivity index (χ4v) is 4.52. The SMILES string of the molecule is O=C1NC(=O)N(c2ccc(Br)cc2)C(=O)/C1=C/c1ccc(Cc2ccccc2Br)c(Br)c1. The van der Waals surface area contributed by atoms with Crippen molar-refractivity contribution in [3.05, 3.63) is 102 Å². The molecule has 0 unspecified atom stereocenters. The molecule has 4 amide bonds. The minimum absolute atomic E-state index is 0.113. The van der Waals surface area contributed by atoms with Gasteiger partial charge in [-0.15, -0.1) is 0 Å². The highest BCUT2D eigenvalue weighted by atomic mass is 79.9. The molecule has 1 heterocycles. The van der Waals surface area contributed by atoms with Crippen LogP contribution in [0.4, 0.5) is 10.5 Å². The maximum Gasteiger partial charge on any atom is 0.335 e.